The van der Waals surface area contributed by atoms with Gasteiger partial charge in [0.25, 0.3) is 5.91 Å². The molecule has 2 amide bonds. The average Bonchev–Trinajstić information content (AvgIpc) is 2.67. The van der Waals surface area contributed by atoms with Crippen LogP contribution in [0.3, 0.4) is 0 Å². The molecule has 1 fully saturated rings. The van der Waals surface area contributed by atoms with Crippen LogP contribution < -0.4 is 11.1 Å². The first kappa shape index (κ1) is 19.4. The Labute approximate surface area is 151 Å². The van der Waals surface area contributed by atoms with E-state index >= 15 is 0 Å². The van der Waals surface area contributed by atoms with Gasteiger partial charge in [-0.3, -0.25) is 9.59 Å². The zero-order chi connectivity index (χ0) is 17.9. The fourth-order valence-corrected chi connectivity index (χ4v) is 3.12. The summed E-state index contributed by atoms with van der Waals surface area (Å²) in [7, 11) is 0. The lowest BCUT2D eigenvalue weighted by Crippen LogP contribution is -2.35. The molecule has 138 valence electrons. The van der Waals surface area contributed by atoms with Gasteiger partial charge in [0.05, 0.1) is 0 Å². The van der Waals surface area contributed by atoms with Crippen LogP contribution in [-0.2, 0) is 11.3 Å². The minimum absolute atomic E-state index is 0.0845. The summed E-state index contributed by atoms with van der Waals surface area (Å²) in [5, 5.41) is 2.94. The number of hydrogen-bond donors (Lipinski definition) is 2. The highest BCUT2D eigenvalue weighted by Crippen LogP contribution is 2.14. The average molecular weight is 345 g/mol. The first-order valence-corrected chi connectivity index (χ1v) is 9.55. The molecule has 1 aliphatic rings. The van der Waals surface area contributed by atoms with E-state index in [9.17, 15) is 9.59 Å². The highest BCUT2D eigenvalue weighted by Gasteiger charge is 2.17. The summed E-state index contributed by atoms with van der Waals surface area (Å²) in [5.74, 6) is 0.203. The maximum absolute atomic E-state index is 12.4. The molecule has 0 atom stereocenters. The number of benzene rings is 1. The van der Waals surface area contributed by atoms with Crippen molar-refractivity contribution in [2.45, 2.75) is 57.9 Å². The van der Waals surface area contributed by atoms with Gasteiger partial charge in [-0.1, -0.05) is 25.0 Å². The molecule has 5 heteroatoms. The molecule has 1 heterocycles. The van der Waals surface area contributed by atoms with Crippen molar-refractivity contribution in [2.24, 2.45) is 5.73 Å². The molecule has 0 saturated carbocycles. The molecule has 0 aromatic heterocycles. The fraction of sp³-hybridized carbons (Fsp3) is 0.600. The SMILES string of the molecule is NCCCCCCC(=O)NCc1ccc(C(=O)N2CCCCC2)cc1. The molecule has 1 saturated heterocycles. The lowest BCUT2D eigenvalue weighted by molar-refractivity contribution is -0.121. The Bertz CT molecular complexity index is 536. The van der Waals surface area contributed by atoms with Crippen LogP contribution in [0.15, 0.2) is 24.3 Å². The lowest BCUT2D eigenvalue weighted by atomic mass is 10.1. The van der Waals surface area contributed by atoms with Gasteiger partial charge in [0, 0.05) is 31.6 Å². The normalized spacial score (nSPS) is 14.4. The smallest absolute Gasteiger partial charge is 0.253 e. The van der Waals surface area contributed by atoms with Gasteiger partial charge < -0.3 is 16.0 Å². The highest BCUT2D eigenvalue weighted by molar-refractivity contribution is 5.94. The molecule has 0 bridgehead atoms. The standard InChI is InChI=1S/C20H31N3O2/c21-13-5-2-1-4-8-19(24)22-16-17-9-11-18(12-10-17)20(25)23-14-6-3-7-15-23/h9-12H,1-8,13-16,21H2,(H,22,24). The molecular formula is C20H31N3O2. The van der Waals surface area contributed by atoms with Crippen LogP contribution in [0.4, 0.5) is 0 Å². The predicted octanol–water partition coefficient (Wildman–Crippen LogP) is 2.84. The number of nitrogens with zero attached hydrogens (tertiary/aromatic N) is 1. The van der Waals surface area contributed by atoms with Crippen LogP contribution in [0.1, 0.15) is 67.3 Å². The van der Waals surface area contributed by atoms with Crippen molar-refractivity contribution in [1.29, 1.82) is 0 Å². The second-order valence-corrected chi connectivity index (χ2v) is 6.78. The van der Waals surface area contributed by atoms with Crippen molar-refractivity contribution in [3.8, 4) is 0 Å². The molecule has 0 spiro atoms. The third-order valence-corrected chi connectivity index (χ3v) is 4.69. The van der Waals surface area contributed by atoms with Crippen molar-refractivity contribution >= 4 is 11.8 Å². The van der Waals surface area contributed by atoms with Crippen LogP contribution in [-0.4, -0.2) is 36.3 Å². The molecule has 2 rings (SSSR count). The molecule has 0 aliphatic carbocycles. The quantitative estimate of drug-likeness (QED) is 0.676. The Hall–Kier alpha value is -1.88. The topological polar surface area (TPSA) is 75.4 Å². The highest BCUT2D eigenvalue weighted by atomic mass is 16.2. The van der Waals surface area contributed by atoms with Gasteiger partial charge in [-0.2, -0.15) is 0 Å². The molecule has 3 N–H and O–H groups in total. The minimum atomic E-state index is 0.0845. The number of carbonyl (C=O) groups excluding carboxylic acids is 2. The van der Waals surface area contributed by atoms with Crippen molar-refractivity contribution in [1.82, 2.24) is 10.2 Å². The summed E-state index contributed by atoms with van der Waals surface area (Å²) in [6.07, 6.45) is 8.07. The van der Waals surface area contributed by atoms with Crippen LogP contribution >= 0.6 is 0 Å². The first-order valence-electron chi connectivity index (χ1n) is 9.55. The molecule has 1 aliphatic heterocycles. The van der Waals surface area contributed by atoms with E-state index in [1.165, 1.54) is 6.42 Å². The number of nitrogens with two attached hydrogens (primary N) is 1. The Kier molecular flexibility index (Phi) is 8.46. The van der Waals surface area contributed by atoms with Gasteiger partial charge in [0.2, 0.25) is 5.91 Å². The van der Waals surface area contributed by atoms with Gasteiger partial charge in [-0.15, -0.1) is 0 Å². The lowest BCUT2D eigenvalue weighted by Gasteiger charge is -2.26. The largest absolute Gasteiger partial charge is 0.352 e. The molecule has 1 aromatic carbocycles. The summed E-state index contributed by atoms with van der Waals surface area (Å²) in [6, 6.07) is 7.59. The number of rotatable bonds is 9. The fourth-order valence-electron chi connectivity index (χ4n) is 3.12. The molecule has 5 nitrogen and oxygen atoms in total. The summed E-state index contributed by atoms with van der Waals surface area (Å²) in [4.78, 5) is 26.2. The van der Waals surface area contributed by atoms with E-state index in [1.54, 1.807) is 0 Å². The van der Waals surface area contributed by atoms with Crippen molar-refractivity contribution in [3.63, 3.8) is 0 Å². The number of nitrogens with one attached hydrogen (secondary N) is 1. The Balaban J connectivity index is 1.70. The van der Waals surface area contributed by atoms with Crippen molar-refractivity contribution in [3.05, 3.63) is 35.4 Å². The van der Waals surface area contributed by atoms with E-state index < -0.39 is 0 Å². The number of amides is 2. The third kappa shape index (κ3) is 6.86. The first-order chi connectivity index (χ1) is 12.2. The molecule has 25 heavy (non-hydrogen) atoms. The molecule has 0 radical (unpaired) electrons. The maximum atomic E-state index is 12.4. The van der Waals surface area contributed by atoms with Crippen LogP contribution in [0.2, 0.25) is 0 Å². The van der Waals surface area contributed by atoms with Crippen LogP contribution in [0.25, 0.3) is 0 Å². The van der Waals surface area contributed by atoms with Gasteiger partial charge >= 0.3 is 0 Å². The molecule has 1 aromatic rings. The summed E-state index contributed by atoms with van der Waals surface area (Å²) < 4.78 is 0. The number of piperidine rings is 1. The van der Waals surface area contributed by atoms with E-state index in [-0.39, 0.29) is 11.8 Å². The number of unbranched alkanes of at least 4 members (excludes halogenated alkanes) is 3. The van der Waals surface area contributed by atoms with Crippen LogP contribution in [0, 0.1) is 0 Å². The monoisotopic (exact) mass is 345 g/mol. The van der Waals surface area contributed by atoms with Crippen molar-refractivity contribution in [2.75, 3.05) is 19.6 Å². The number of hydrogen-bond acceptors (Lipinski definition) is 3. The maximum Gasteiger partial charge on any atom is 0.253 e. The third-order valence-electron chi connectivity index (χ3n) is 4.69. The Morgan fingerprint density at radius 3 is 2.32 bits per heavy atom. The van der Waals surface area contributed by atoms with Gasteiger partial charge in [0.1, 0.15) is 0 Å². The zero-order valence-electron chi connectivity index (χ0n) is 15.1. The second kappa shape index (κ2) is 10.9. The van der Waals surface area contributed by atoms with Gasteiger partial charge in [-0.05, 0) is 56.3 Å². The molecule has 0 unspecified atom stereocenters. The Morgan fingerprint density at radius 2 is 1.64 bits per heavy atom. The summed E-state index contributed by atoms with van der Waals surface area (Å²) in [6.45, 7) is 2.96. The van der Waals surface area contributed by atoms with E-state index in [0.29, 0.717) is 13.0 Å². The Morgan fingerprint density at radius 1 is 0.960 bits per heavy atom. The zero-order valence-corrected chi connectivity index (χ0v) is 15.1. The second-order valence-electron chi connectivity index (χ2n) is 6.78. The van der Waals surface area contributed by atoms with Crippen LogP contribution in [0.5, 0.6) is 0 Å². The predicted molar refractivity (Wildman–Crippen MR) is 100 cm³/mol. The number of likely N-dealkylation sites (tertiary alicyclic amines) is 1. The van der Waals surface area contributed by atoms with Crippen molar-refractivity contribution < 1.29 is 9.59 Å². The van der Waals surface area contributed by atoms with Gasteiger partial charge in [0.15, 0.2) is 0 Å². The summed E-state index contributed by atoms with van der Waals surface area (Å²) >= 11 is 0. The molecular weight excluding hydrogens is 314 g/mol. The van der Waals surface area contributed by atoms with Gasteiger partial charge in [-0.25, -0.2) is 0 Å². The minimum Gasteiger partial charge on any atom is -0.352 e. The van der Waals surface area contributed by atoms with E-state index in [4.69, 9.17) is 5.73 Å². The van der Waals surface area contributed by atoms with E-state index in [0.717, 1.165) is 69.3 Å². The summed E-state index contributed by atoms with van der Waals surface area (Å²) in [5.41, 5.74) is 7.20. The van der Waals surface area contributed by atoms with E-state index in [2.05, 4.69) is 5.32 Å². The number of carbonyl (C=O) groups is 2. The van der Waals surface area contributed by atoms with E-state index in [1.807, 2.05) is 29.2 Å².